The molecule has 1 fully saturated rings. The summed E-state index contributed by atoms with van der Waals surface area (Å²) in [5, 5.41) is 0. The zero-order valence-electron chi connectivity index (χ0n) is 7.98. The summed E-state index contributed by atoms with van der Waals surface area (Å²) in [7, 11) is 0. The lowest BCUT2D eigenvalue weighted by atomic mass is 10.3. The van der Waals surface area contributed by atoms with Crippen molar-refractivity contribution in [2.24, 2.45) is 5.73 Å². The third-order valence-electron chi connectivity index (χ3n) is 2.48. The van der Waals surface area contributed by atoms with Crippen LogP contribution in [0.15, 0.2) is 22.8 Å². The van der Waals surface area contributed by atoms with Gasteiger partial charge in [-0.05, 0) is 18.6 Å². The number of amides is 1. The van der Waals surface area contributed by atoms with Crippen molar-refractivity contribution < 1.29 is 9.21 Å². The molecular formula is C10H14N2O2. The van der Waals surface area contributed by atoms with Gasteiger partial charge in [0.15, 0.2) is 0 Å². The fraction of sp³-hybridized carbons (Fsp3) is 0.500. The lowest BCUT2D eigenvalue weighted by Crippen LogP contribution is -2.32. The predicted octanol–water partition coefficient (Wildman–Crippen LogP) is 0.382. The standard InChI is InChI=1S/C10H14N2O2/c11-8-3-4-12(7-8)10(13)6-9-2-1-5-14-9/h1-2,5,8H,3-4,6-7,11H2. The van der Waals surface area contributed by atoms with Crippen molar-refractivity contribution in [3.63, 3.8) is 0 Å². The third kappa shape index (κ3) is 1.96. The Morgan fingerprint density at radius 3 is 3.14 bits per heavy atom. The number of carbonyl (C=O) groups is 1. The second kappa shape index (κ2) is 3.84. The van der Waals surface area contributed by atoms with Gasteiger partial charge in [-0.2, -0.15) is 0 Å². The van der Waals surface area contributed by atoms with Crippen LogP contribution in [0.4, 0.5) is 0 Å². The molecule has 1 aromatic heterocycles. The van der Waals surface area contributed by atoms with Gasteiger partial charge in [0.25, 0.3) is 0 Å². The minimum Gasteiger partial charge on any atom is -0.469 e. The van der Waals surface area contributed by atoms with E-state index in [9.17, 15) is 4.79 Å². The van der Waals surface area contributed by atoms with Crippen LogP contribution in [0.1, 0.15) is 12.2 Å². The van der Waals surface area contributed by atoms with Crippen LogP contribution in [0.25, 0.3) is 0 Å². The summed E-state index contributed by atoms with van der Waals surface area (Å²) in [6, 6.07) is 3.75. The molecule has 4 heteroatoms. The summed E-state index contributed by atoms with van der Waals surface area (Å²) in [6.45, 7) is 1.46. The largest absolute Gasteiger partial charge is 0.469 e. The van der Waals surface area contributed by atoms with E-state index < -0.39 is 0 Å². The van der Waals surface area contributed by atoms with Crippen LogP contribution in [0.5, 0.6) is 0 Å². The first-order valence-electron chi connectivity index (χ1n) is 4.81. The number of hydrogen-bond donors (Lipinski definition) is 1. The van der Waals surface area contributed by atoms with E-state index in [1.165, 1.54) is 0 Å². The van der Waals surface area contributed by atoms with Gasteiger partial charge in [0.2, 0.25) is 5.91 Å². The summed E-state index contributed by atoms with van der Waals surface area (Å²) in [4.78, 5) is 13.5. The van der Waals surface area contributed by atoms with Crippen molar-refractivity contribution in [3.8, 4) is 0 Å². The van der Waals surface area contributed by atoms with Gasteiger partial charge in [-0.3, -0.25) is 4.79 Å². The molecule has 1 unspecified atom stereocenters. The van der Waals surface area contributed by atoms with Crippen LogP contribution < -0.4 is 5.73 Å². The van der Waals surface area contributed by atoms with Crippen LogP contribution >= 0.6 is 0 Å². The molecule has 76 valence electrons. The van der Waals surface area contributed by atoms with E-state index in [4.69, 9.17) is 10.2 Å². The van der Waals surface area contributed by atoms with Crippen LogP contribution in [-0.4, -0.2) is 29.9 Å². The number of nitrogens with zero attached hydrogens (tertiary/aromatic N) is 1. The average Bonchev–Trinajstić information content (AvgIpc) is 2.75. The summed E-state index contributed by atoms with van der Waals surface area (Å²) in [5.74, 6) is 0.823. The molecule has 0 aliphatic carbocycles. The number of hydrogen-bond acceptors (Lipinski definition) is 3. The van der Waals surface area contributed by atoms with Crippen LogP contribution in [0.3, 0.4) is 0 Å². The Balaban J connectivity index is 1.90. The zero-order chi connectivity index (χ0) is 9.97. The minimum atomic E-state index is 0.105. The van der Waals surface area contributed by atoms with E-state index in [1.807, 2.05) is 6.07 Å². The third-order valence-corrected chi connectivity index (χ3v) is 2.48. The normalized spacial score (nSPS) is 21.5. The highest BCUT2D eigenvalue weighted by Gasteiger charge is 2.23. The van der Waals surface area contributed by atoms with Gasteiger partial charge in [-0.15, -0.1) is 0 Å². The first-order valence-corrected chi connectivity index (χ1v) is 4.81. The van der Waals surface area contributed by atoms with Gasteiger partial charge in [-0.25, -0.2) is 0 Å². The summed E-state index contributed by atoms with van der Waals surface area (Å²) < 4.78 is 5.11. The molecule has 1 aromatic rings. The SMILES string of the molecule is NC1CCN(C(=O)Cc2ccco2)C1. The van der Waals surface area contributed by atoms with Crippen molar-refractivity contribution in [2.45, 2.75) is 18.9 Å². The fourth-order valence-electron chi connectivity index (χ4n) is 1.69. The molecule has 1 aliphatic rings. The molecular weight excluding hydrogens is 180 g/mol. The lowest BCUT2D eigenvalue weighted by Gasteiger charge is -2.14. The highest BCUT2D eigenvalue weighted by molar-refractivity contribution is 5.78. The Hall–Kier alpha value is -1.29. The molecule has 4 nitrogen and oxygen atoms in total. The van der Waals surface area contributed by atoms with Crippen molar-refractivity contribution in [1.82, 2.24) is 4.90 Å². The second-order valence-corrected chi connectivity index (χ2v) is 3.64. The van der Waals surface area contributed by atoms with Gasteiger partial charge in [-0.1, -0.05) is 0 Å². The lowest BCUT2D eigenvalue weighted by molar-refractivity contribution is -0.129. The first kappa shape index (κ1) is 9.27. The molecule has 2 heterocycles. The molecule has 1 aliphatic heterocycles. The zero-order valence-corrected chi connectivity index (χ0v) is 7.98. The van der Waals surface area contributed by atoms with Crippen LogP contribution in [0, 0.1) is 0 Å². The molecule has 2 rings (SSSR count). The Morgan fingerprint density at radius 2 is 2.57 bits per heavy atom. The molecule has 1 saturated heterocycles. The molecule has 0 aromatic carbocycles. The number of rotatable bonds is 2. The summed E-state index contributed by atoms with van der Waals surface area (Å²) in [5.41, 5.74) is 5.72. The van der Waals surface area contributed by atoms with Crippen molar-refractivity contribution >= 4 is 5.91 Å². The number of furan rings is 1. The highest BCUT2D eigenvalue weighted by atomic mass is 16.3. The van der Waals surface area contributed by atoms with E-state index in [0.29, 0.717) is 13.0 Å². The first-order chi connectivity index (χ1) is 6.75. The monoisotopic (exact) mass is 194 g/mol. The van der Waals surface area contributed by atoms with E-state index in [0.717, 1.165) is 18.7 Å². The van der Waals surface area contributed by atoms with Crippen LogP contribution in [-0.2, 0) is 11.2 Å². The Morgan fingerprint density at radius 1 is 1.71 bits per heavy atom. The molecule has 1 atom stereocenters. The minimum absolute atomic E-state index is 0.105. The van der Waals surface area contributed by atoms with E-state index in [-0.39, 0.29) is 11.9 Å². The van der Waals surface area contributed by atoms with Gasteiger partial charge in [0.1, 0.15) is 5.76 Å². The topological polar surface area (TPSA) is 59.5 Å². The van der Waals surface area contributed by atoms with Crippen molar-refractivity contribution in [2.75, 3.05) is 13.1 Å². The predicted molar refractivity (Wildman–Crippen MR) is 51.6 cm³/mol. The molecule has 14 heavy (non-hydrogen) atoms. The molecule has 0 saturated carbocycles. The van der Waals surface area contributed by atoms with E-state index in [1.54, 1.807) is 17.2 Å². The maximum Gasteiger partial charge on any atom is 0.230 e. The summed E-state index contributed by atoms with van der Waals surface area (Å²) >= 11 is 0. The smallest absolute Gasteiger partial charge is 0.230 e. The van der Waals surface area contributed by atoms with Crippen molar-refractivity contribution in [3.05, 3.63) is 24.2 Å². The maximum atomic E-state index is 11.7. The molecule has 0 spiro atoms. The van der Waals surface area contributed by atoms with Crippen molar-refractivity contribution in [1.29, 1.82) is 0 Å². The maximum absolute atomic E-state index is 11.7. The molecule has 0 bridgehead atoms. The number of likely N-dealkylation sites (tertiary alicyclic amines) is 1. The quantitative estimate of drug-likeness (QED) is 0.740. The number of carbonyl (C=O) groups excluding carboxylic acids is 1. The Bertz CT molecular complexity index is 308. The average molecular weight is 194 g/mol. The van der Waals surface area contributed by atoms with Crippen LogP contribution in [0.2, 0.25) is 0 Å². The Kier molecular flexibility index (Phi) is 2.54. The number of nitrogens with two attached hydrogens (primary N) is 1. The Labute approximate surface area is 82.7 Å². The van der Waals surface area contributed by atoms with E-state index in [2.05, 4.69) is 0 Å². The van der Waals surface area contributed by atoms with Gasteiger partial charge >= 0.3 is 0 Å². The molecule has 1 amide bonds. The molecule has 0 radical (unpaired) electrons. The van der Waals surface area contributed by atoms with Gasteiger partial charge < -0.3 is 15.1 Å². The molecule has 2 N–H and O–H groups in total. The fourth-order valence-corrected chi connectivity index (χ4v) is 1.69. The van der Waals surface area contributed by atoms with E-state index >= 15 is 0 Å². The second-order valence-electron chi connectivity index (χ2n) is 3.64. The summed E-state index contributed by atoms with van der Waals surface area (Å²) in [6.07, 6.45) is 2.84. The highest BCUT2D eigenvalue weighted by Crippen LogP contribution is 2.10. The van der Waals surface area contributed by atoms with Gasteiger partial charge in [0.05, 0.1) is 12.7 Å². The van der Waals surface area contributed by atoms with Gasteiger partial charge in [0, 0.05) is 19.1 Å².